The molecule has 15 heavy (non-hydrogen) atoms. The zero-order valence-corrected chi connectivity index (χ0v) is 9.54. The van der Waals surface area contributed by atoms with Crippen molar-refractivity contribution in [2.75, 3.05) is 7.11 Å². The number of pyridine rings is 1. The molecule has 1 heterocycles. The summed E-state index contributed by atoms with van der Waals surface area (Å²) in [7, 11) is 1.63. The minimum absolute atomic E-state index is 0.275. The first-order valence-electron chi connectivity index (χ1n) is 5.19. The van der Waals surface area contributed by atoms with Gasteiger partial charge in [0.25, 0.3) is 0 Å². The summed E-state index contributed by atoms with van der Waals surface area (Å²) in [6, 6.07) is 3.76. The summed E-state index contributed by atoms with van der Waals surface area (Å²) in [5, 5.41) is 0. The zero-order chi connectivity index (χ0) is 11.3. The largest absolute Gasteiger partial charge is 0.497 e. The lowest BCUT2D eigenvalue weighted by Gasteiger charge is -2.05. The van der Waals surface area contributed by atoms with Crippen molar-refractivity contribution in [2.45, 2.75) is 33.1 Å². The number of carbonyl (C=O) groups excluding carboxylic acids is 1. The first-order valence-corrected chi connectivity index (χ1v) is 5.19. The molecule has 82 valence electrons. The number of nitrogens with zero attached hydrogens (tertiary/aromatic N) is 1. The Kier molecular flexibility index (Phi) is 4.28. The van der Waals surface area contributed by atoms with Gasteiger partial charge in [0.05, 0.1) is 7.11 Å². The Morgan fingerprint density at radius 1 is 1.47 bits per heavy atom. The lowest BCUT2D eigenvalue weighted by molar-refractivity contribution is -0.118. The standard InChI is InChI=1S/C12H17NO2/c1-4-11(14)6-5-10-8-12(15-3)7-9(2)13-10/h7-8H,4-6H2,1-3H3. The fraction of sp³-hybridized carbons (Fsp3) is 0.500. The van der Waals surface area contributed by atoms with E-state index in [1.54, 1.807) is 7.11 Å². The van der Waals surface area contributed by atoms with Gasteiger partial charge < -0.3 is 4.74 Å². The normalized spacial score (nSPS) is 10.1. The summed E-state index contributed by atoms with van der Waals surface area (Å²) in [6.07, 6.45) is 1.86. The molecule has 0 saturated heterocycles. The van der Waals surface area contributed by atoms with Gasteiger partial charge in [0, 0.05) is 36.4 Å². The van der Waals surface area contributed by atoms with Crippen LogP contribution in [0.3, 0.4) is 0 Å². The van der Waals surface area contributed by atoms with Gasteiger partial charge in [-0.1, -0.05) is 6.92 Å². The Hall–Kier alpha value is -1.38. The Morgan fingerprint density at radius 3 is 2.80 bits per heavy atom. The van der Waals surface area contributed by atoms with Crippen LogP contribution in [0.2, 0.25) is 0 Å². The van der Waals surface area contributed by atoms with E-state index in [-0.39, 0.29) is 5.78 Å². The number of ketones is 1. The molecule has 0 unspecified atom stereocenters. The highest BCUT2D eigenvalue weighted by Crippen LogP contribution is 2.14. The second kappa shape index (κ2) is 5.49. The van der Waals surface area contributed by atoms with Crippen molar-refractivity contribution < 1.29 is 9.53 Å². The van der Waals surface area contributed by atoms with Crippen LogP contribution in [0.4, 0.5) is 0 Å². The lowest BCUT2D eigenvalue weighted by Crippen LogP contribution is -2.00. The van der Waals surface area contributed by atoms with Gasteiger partial charge in [-0.05, 0) is 13.3 Å². The molecule has 0 saturated carbocycles. The maximum absolute atomic E-state index is 11.2. The quantitative estimate of drug-likeness (QED) is 0.743. The summed E-state index contributed by atoms with van der Waals surface area (Å²) in [5.74, 6) is 1.08. The van der Waals surface area contributed by atoms with Gasteiger partial charge in [0.2, 0.25) is 0 Å². The predicted octanol–water partition coefficient (Wildman–Crippen LogP) is 2.31. The molecular formula is C12H17NO2. The number of ether oxygens (including phenoxy) is 1. The molecule has 0 atom stereocenters. The summed E-state index contributed by atoms with van der Waals surface area (Å²) in [5.41, 5.74) is 1.85. The molecule has 1 aromatic heterocycles. The van der Waals surface area contributed by atoms with E-state index in [4.69, 9.17) is 4.74 Å². The van der Waals surface area contributed by atoms with Crippen molar-refractivity contribution in [3.8, 4) is 5.75 Å². The maximum atomic E-state index is 11.2. The van der Waals surface area contributed by atoms with Crippen molar-refractivity contribution in [1.29, 1.82) is 0 Å². The highest BCUT2D eigenvalue weighted by Gasteiger charge is 2.03. The first-order chi connectivity index (χ1) is 7.15. The van der Waals surface area contributed by atoms with Crippen LogP contribution in [0.1, 0.15) is 31.2 Å². The van der Waals surface area contributed by atoms with E-state index in [2.05, 4.69) is 4.98 Å². The Labute approximate surface area is 90.5 Å². The molecule has 3 nitrogen and oxygen atoms in total. The van der Waals surface area contributed by atoms with Crippen LogP contribution in [-0.4, -0.2) is 17.9 Å². The van der Waals surface area contributed by atoms with Crippen LogP contribution in [0.5, 0.6) is 5.75 Å². The van der Waals surface area contributed by atoms with Crippen LogP contribution in [-0.2, 0) is 11.2 Å². The van der Waals surface area contributed by atoms with Gasteiger partial charge in [-0.15, -0.1) is 0 Å². The summed E-state index contributed by atoms with van der Waals surface area (Å²) in [6.45, 7) is 3.81. The van der Waals surface area contributed by atoms with Crippen molar-refractivity contribution in [1.82, 2.24) is 4.98 Å². The molecule has 1 aromatic rings. The van der Waals surface area contributed by atoms with E-state index < -0.39 is 0 Å². The number of methoxy groups -OCH3 is 1. The Morgan fingerprint density at radius 2 is 2.20 bits per heavy atom. The van der Waals surface area contributed by atoms with Crippen molar-refractivity contribution >= 4 is 5.78 Å². The van der Waals surface area contributed by atoms with Crippen LogP contribution >= 0.6 is 0 Å². The average Bonchev–Trinajstić information content (AvgIpc) is 2.25. The Bertz CT molecular complexity index is 347. The third-order valence-corrected chi connectivity index (χ3v) is 2.27. The number of carbonyl (C=O) groups is 1. The topological polar surface area (TPSA) is 39.2 Å². The fourth-order valence-electron chi connectivity index (χ4n) is 1.39. The SMILES string of the molecule is CCC(=O)CCc1cc(OC)cc(C)n1. The molecule has 0 aromatic carbocycles. The third kappa shape index (κ3) is 3.70. The first kappa shape index (κ1) is 11.7. The molecule has 0 amide bonds. The second-order valence-electron chi connectivity index (χ2n) is 3.53. The number of aryl methyl sites for hydroxylation is 2. The van der Waals surface area contributed by atoms with Crippen molar-refractivity contribution in [3.63, 3.8) is 0 Å². The number of hydrogen-bond donors (Lipinski definition) is 0. The maximum Gasteiger partial charge on any atom is 0.133 e. The van der Waals surface area contributed by atoms with E-state index in [0.29, 0.717) is 19.3 Å². The van der Waals surface area contributed by atoms with Crippen LogP contribution < -0.4 is 4.74 Å². The number of Topliss-reactive ketones (excluding diaryl/α,β-unsaturated/α-hetero) is 1. The molecule has 0 fully saturated rings. The van der Waals surface area contributed by atoms with Gasteiger partial charge >= 0.3 is 0 Å². The monoisotopic (exact) mass is 207 g/mol. The summed E-state index contributed by atoms with van der Waals surface area (Å²) in [4.78, 5) is 15.5. The van der Waals surface area contributed by atoms with Gasteiger partial charge in [0.15, 0.2) is 0 Å². The molecule has 0 aliphatic rings. The summed E-state index contributed by atoms with van der Waals surface area (Å²) >= 11 is 0. The van der Waals surface area contributed by atoms with E-state index in [0.717, 1.165) is 17.1 Å². The minimum Gasteiger partial charge on any atom is -0.497 e. The van der Waals surface area contributed by atoms with Crippen molar-refractivity contribution in [3.05, 3.63) is 23.5 Å². The molecule has 0 aliphatic carbocycles. The van der Waals surface area contributed by atoms with Crippen LogP contribution in [0.15, 0.2) is 12.1 Å². The van der Waals surface area contributed by atoms with Crippen LogP contribution in [0, 0.1) is 6.92 Å². The van der Waals surface area contributed by atoms with E-state index >= 15 is 0 Å². The fourth-order valence-corrected chi connectivity index (χ4v) is 1.39. The third-order valence-electron chi connectivity index (χ3n) is 2.27. The smallest absolute Gasteiger partial charge is 0.133 e. The number of rotatable bonds is 5. The van der Waals surface area contributed by atoms with Gasteiger partial charge in [-0.2, -0.15) is 0 Å². The van der Waals surface area contributed by atoms with E-state index in [9.17, 15) is 4.79 Å². The summed E-state index contributed by atoms with van der Waals surface area (Å²) < 4.78 is 5.14. The molecular weight excluding hydrogens is 190 g/mol. The molecule has 1 rings (SSSR count). The van der Waals surface area contributed by atoms with E-state index in [1.807, 2.05) is 26.0 Å². The predicted molar refractivity (Wildman–Crippen MR) is 59.1 cm³/mol. The van der Waals surface area contributed by atoms with Crippen LogP contribution in [0.25, 0.3) is 0 Å². The highest BCUT2D eigenvalue weighted by atomic mass is 16.5. The van der Waals surface area contributed by atoms with Crippen molar-refractivity contribution in [2.24, 2.45) is 0 Å². The molecule has 0 spiro atoms. The zero-order valence-electron chi connectivity index (χ0n) is 9.54. The molecule has 0 radical (unpaired) electrons. The lowest BCUT2D eigenvalue weighted by atomic mass is 10.1. The van der Waals surface area contributed by atoms with E-state index in [1.165, 1.54) is 0 Å². The molecule has 3 heteroatoms. The van der Waals surface area contributed by atoms with Gasteiger partial charge in [-0.25, -0.2) is 0 Å². The number of hydrogen-bond acceptors (Lipinski definition) is 3. The highest BCUT2D eigenvalue weighted by molar-refractivity contribution is 5.78. The number of aromatic nitrogens is 1. The van der Waals surface area contributed by atoms with Gasteiger partial charge in [-0.3, -0.25) is 9.78 Å². The second-order valence-corrected chi connectivity index (χ2v) is 3.53. The molecule has 0 N–H and O–H groups in total. The molecule has 0 bridgehead atoms. The van der Waals surface area contributed by atoms with Gasteiger partial charge in [0.1, 0.15) is 11.5 Å². The molecule has 0 aliphatic heterocycles. The average molecular weight is 207 g/mol. The minimum atomic E-state index is 0.275. The Balaban J connectivity index is 2.68.